The number of fused-ring (bicyclic) bond motifs is 3. The standard InChI is InChI=1S/C13H16N4/c1-3-12-14-11-5-4-9-6-7-17(2)8-10(9)13(11)16-15-12/h4-5H,3,6-8H2,1-2H3. The first-order valence-corrected chi connectivity index (χ1v) is 6.10. The number of rotatable bonds is 1. The fraction of sp³-hybridized carbons (Fsp3) is 0.462. The van der Waals surface area contributed by atoms with E-state index in [0.29, 0.717) is 0 Å². The summed E-state index contributed by atoms with van der Waals surface area (Å²) in [4.78, 5) is 6.85. The minimum atomic E-state index is 0.821. The first-order chi connectivity index (χ1) is 8.28. The van der Waals surface area contributed by atoms with Crippen molar-refractivity contribution in [1.82, 2.24) is 20.1 Å². The molecule has 0 saturated heterocycles. The van der Waals surface area contributed by atoms with E-state index in [2.05, 4.69) is 46.2 Å². The molecule has 0 unspecified atom stereocenters. The third kappa shape index (κ3) is 1.78. The van der Waals surface area contributed by atoms with Crippen LogP contribution >= 0.6 is 0 Å². The summed E-state index contributed by atoms with van der Waals surface area (Å²) < 4.78 is 0. The van der Waals surface area contributed by atoms with E-state index in [1.165, 1.54) is 11.1 Å². The Morgan fingerprint density at radius 2 is 2.18 bits per heavy atom. The van der Waals surface area contributed by atoms with Crippen LogP contribution in [0, 0.1) is 0 Å². The Hall–Kier alpha value is -1.55. The number of likely N-dealkylation sites (N-methyl/N-ethyl adjacent to an activating group) is 1. The van der Waals surface area contributed by atoms with Crippen molar-refractivity contribution in [2.24, 2.45) is 0 Å². The van der Waals surface area contributed by atoms with Crippen LogP contribution in [0.3, 0.4) is 0 Å². The van der Waals surface area contributed by atoms with Gasteiger partial charge in [-0.15, -0.1) is 10.2 Å². The van der Waals surface area contributed by atoms with E-state index in [4.69, 9.17) is 0 Å². The molecule has 0 bridgehead atoms. The number of hydrogen-bond acceptors (Lipinski definition) is 4. The monoisotopic (exact) mass is 228 g/mol. The van der Waals surface area contributed by atoms with Crippen LogP contribution in [-0.4, -0.2) is 33.7 Å². The van der Waals surface area contributed by atoms with E-state index in [1.807, 2.05) is 0 Å². The molecule has 4 heteroatoms. The molecule has 4 nitrogen and oxygen atoms in total. The largest absolute Gasteiger partial charge is 0.302 e. The van der Waals surface area contributed by atoms with Gasteiger partial charge >= 0.3 is 0 Å². The summed E-state index contributed by atoms with van der Waals surface area (Å²) in [6.07, 6.45) is 1.93. The fourth-order valence-electron chi connectivity index (χ4n) is 2.36. The van der Waals surface area contributed by atoms with Gasteiger partial charge in [0.25, 0.3) is 0 Å². The van der Waals surface area contributed by atoms with Gasteiger partial charge < -0.3 is 4.90 Å². The number of aryl methyl sites for hydroxylation is 1. The maximum absolute atomic E-state index is 4.53. The highest BCUT2D eigenvalue weighted by atomic mass is 15.2. The maximum Gasteiger partial charge on any atom is 0.151 e. The zero-order valence-corrected chi connectivity index (χ0v) is 10.3. The van der Waals surface area contributed by atoms with E-state index in [1.54, 1.807) is 0 Å². The van der Waals surface area contributed by atoms with Crippen LogP contribution in [0.2, 0.25) is 0 Å². The van der Waals surface area contributed by atoms with E-state index in [9.17, 15) is 0 Å². The molecule has 0 radical (unpaired) electrons. The van der Waals surface area contributed by atoms with E-state index in [0.717, 1.165) is 42.8 Å². The highest BCUT2D eigenvalue weighted by Crippen LogP contribution is 2.24. The van der Waals surface area contributed by atoms with Crippen LogP contribution < -0.4 is 0 Å². The lowest BCUT2D eigenvalue weighted by molar-refractivity contribution is 0.314. The Morgan fingerprint density at radius 3 is 3.00 bits per heavy atom. The van der Waals surface area contributed by atoms with Gasteiger partial charge in [0.15, 0.2) is 5.82 Å². The Balaban J connectivity index is 2.20. The van der Waals surface area contributed by atoms with Crippen molar-refractivity contribution in [3.63, 3.8) is 0 Å². The molecule has 0 atom stereocenters. The highest BCUT2D eigenvalue weighted by molar-refractivity contribution is 5.79. The average Bonchev–Trinajstić information content (AvgIpc) is 2.37. The molecular weight excluding hydrogens is 212 g/mol. The van der Waals surface area contributed by atoms with Gasteiger partial charge in [0.2, 0.25) is 0 Å². The molecule has 0 N–H and O–H groups in total. The third-order valence-corrected chi connectivity index (χ3v) is 3.38. The van der Waals surface area contributed by atoms with Crippen molar-refractivity contribution >= 4 is 11.0 Å². The van der Waals surface area contributed by atoms with E-state index >= 15 is 0 Å². The molecule has 88 valence electrons. The van der Waals surface area contributed by atoms with Gasteiger partial charge in [-0.2, -0.15) is 0 Å². The van der Waals surface area contributed by atoms with Crippen molar-refractivity contribution in [2.75, 3.05) is 13.6 Å². The summed E-state index contributed by atoms with van der Waals surface area (Å²) in [5, 5.41) is 8.54. The molecule has 0 amide bonds. The van der Waals surface area contributed by atoms with E-state index in [-0.39, 0.29) is 0 Å². The summed E-state index contributed by atoms with van der Waals surface area (Å²) in [5.74, 6) is 0.821. The zero-order valence-electron chi connectivity index (χ0n) is 10.3. The van der Waals surface area contributed by atoms with Crippen molar-refractivity contribution in [2.45, 2.75) is 26.3 Å². The van der Waals surface area contributed by atoms with Crippen molar-refractivity contribution in [1.29, 1.82) is 0 Å². The molecule has 0 saturated carbocycles. The van der Waals surface area contributed by atoms with Gasteiger partial charge in [0, 0.05) is 19.5 Å². The Morgan fingerprint density at radius 1 is 1.29 bits per heavy atom. The normalized spacial score (nSPS) is 16.1. The first-order valence-electron chi connectivity index (χ1n) is 6.10. The second-order valence-electron chi connectivity index (χ2n) is 4.64. The van der Waals surface area contributed by atoms with Gasteiger partial charge in [-0.05, 0) is 30.7 Å². The van der Waals surface area contributed by atoms with Gasteiger partial charge in [0.1, 0.15) is 5.52 Å². The highest BCUT2D eigenvalue weighted by Gasteiger charge is 2.17. The third-order valence-electron chi connectivity index (χ3n) is 3.38. The predicted molar refractivity (Wildman–Crippen MR) is 66.7 cm³/mol. The Kier molecular flexibility index (Phi) is 2.52. The Labute approximate surface area is 101 Å². The van der Waals surface area contributed by atoms with Crippen molar-refractivity contribution < 1.29 is 0 Å². The minimum absolute atomic E-state index is 0.821. The lowest BCUT2D eigenvalue weighted by Gasteiger charge is -2.25. The van der Waals surface area contributed by atoms with Gasteiger partial charge in [-0.3, -0.25) is 0 Å². The quantitative estimate of drug-likeness (QED) is 0.743. The van der Waals surface area contributed by atoms with Crippen LogP contribution in [0.25, 0.3) is 11.0 Å². The molecule has 0 spiro atoms. The molecule has 1 aliphatic rings. The van der Waals surface area contributed by atoms with Crippen LogP contribution in [0.1, 0.15) is 23.9 Å². The average molecular weight is 228 g/mol. The van der Waals surface area contributed by atoms with Crippen LogP contribution in [-0.2, 0) is 19.4 Å². The molecular formula is C13H16N4. The minimum Gasteiger partial charge on any atom is -0.302 e. The van der Waals surface area contributed by atoms with Crippen LogP contribution in [0.5, 0.6) is 0 Å². The maximum atomic E-state index is 4.53. The summed E-state index contributed by atoms with van der Waals surface area (Å²) in [6.45, 7) is 4.12. The number of aromatic nitrogens is 3. The lowest BCUT2D eigenvalue weighted by Crippen LogP contribution is -2.27. The zero-order chi connectivity index (χ0) is 11.8. The number of benzene rings is 1. The summed E-state index contributed by atoms with van der Waals surface area (Å²) in [5.41, 5.74) is 4.66. The Bertz CT molecular complexity index is 565. The van der Waals surface area contributed by atoms with Gasteiger partial charge in [-0.25, -0.2) is 4.98 Å². The van der Waals surface area contributed by atoms with Crippen molar-refractivity contribution in [3.8, 4) is 0 Å². The molecule has 0 aliphatic carbocycles. The number of nitrogens with zero attached hydrogens (tertiary/aromatic N) is 4. The SMILES string of the molecule is CCc1nnc2c3c(ccc2n1)CCN(C)C3. The predicted octanol–water partition coefficient (Wildman–Crippen LogP) is 1.58. The fourth-order valence-corrected chi connectivity index (χ4v) is 2.36. The van der Waals surface area contributed by atoms with Crippen LogP contribution in [0.15, 0.2) is 12.1 Å². The summed E-state index contributed by atoms with van der Waals surface area (Å²) in [6, 6.07) is 4.27. The number of hydrogen-bond donors (Lipinski definition) is 0. The molecule has 1 aliphatic heterocycles. The molecule has 2 heterocycles. The molecule has 2 aromatic rings. The molecule has 1 aromatic heterocycles. The van der Waals surface area contributed by atoms with Crippen LogP contribution in [0.4, 0.5) is 0 Å². The molecule has 3 rings (SSSR count). The van der Waals surface area contributed by atoms with E-state index < -0.39 is 0 Å². The van der Waals surface area contributed by atoms with Gasteiger partial charge in [0.05, 0.1) is 5.52 Å². The first kappa shape index (κ1) is 10.6. The summed E-state index contributed by atoms with van der Waals surface area (Å²) >= 11 is 0. The lowest BCUT2D eigenvalue weighted by atomic mass is 9.98. The van der Waals surface area contributed by atoms with Crippen molar-refractivity contribution in [3.05, 3.63) is 29.1 Å². The topological polar surface area (TPSA) is 41.9 Å². The second-order valence-corrected chi connectivity index (χ2v) is 4.64. The smallest absolute Gasteiger partial charge is 0.151 e. The molecule has 17 heavy (non-hydrogen) atoms. The molecule has 0 fully saturated rings. The van der Waals surface area contributed by atoms with Gasteiger partial charge in [-0.1, -0.05) is 13.0 Å². The second kappa shape index (κ2) is 4.04. The summed E-state index contributed by atoms with van der Waals surface area (Å²) in [7, 11) is 2.14. The molecule has 1 aromatic carbocycles.